The Labute approximate surface area is 90.9 Å². The number of halogens is 1. The zero-order valence-electron chi connectivity index (χ0n) is 8.50. The summed E-state index contributed by atoms with van der Waals surface area (Å²) in [6.07, 6.45) is 0.815. The van der Waals surface area contributed by atoms with Crippen molar-refractivity contribution < 1.29 is 9.18 Å². The molecule has 0 amide bonds. The van der Waals surface area contributed by atoms with Gasteiger partial charge in [-0.15, -0.1) is 0 Å². The second-order valence-electron chi connectivity index (χ2n) is 3.49. The minimum atomic E-state index is -0.643. The second-order valence-corrected chi connectivity index (χ2v) is 3.49. The zero-order valence-corrected chi connectivity index (χ0v) is 8.50. The van der Waals surface area contributed by atoms with Gasteiger partial charge in [0.05, 0.1) is 5.52 Å². The smallest absolute Gasteiger partial charge is 0.248 e. The van der Waals surface area contributed by atoms with Crippen LogP contribution in [-0.4, -0.2) is 11.3 Å². The summed E-state index contributed by atoms with van der Waals surface area (Å²) in [5.74, 6) is 0. The summed E-state index contributed by atoms with van der Waals surface area (Å²) in [5, 5.41) is 0.800. The van der Waals surface area contributed by atoms with Crippen LogP contribution >= 0.6 is 0 Å². The molecule has 0 aliphatic rings. The summed E-state index contributed by atoms with van der Waals surface area (Å²) in [7, 11) is 0. The molecule has 0 unspecified atom stereocenters. The van der Waals surface area contributed by atoms with Crippen LogP contribution in [0.4, 0.5) is 4.39 Å². The number of hydrogen-bond acceptors (Lipinski definition) is 2. The Morgan fingerprint density at radius 2 is 2.00 bits per heavy atom. The average molecular weight is 219 g/mol. The van der Waals surface area contributed by atoms with Gasteiger partial charge in [0.1, 0.15) is 13.0 Å². The number of benzene rings is 1. The van der Waals surface area contributed by atoms with E-state index in [2.05, 4.69) is 4.98 Å². The maximum atomic E-state index is 12.7. The monoisotopic (exact) mass is 219 g/mol. The van der Waals surface area contributed by atoms with Crippen LogP contribution in [0.5, 0.6) is 0 Å². The third-order valence-electron chi connectivity index (χ3n) is 2.54. The quantitative estimate of drug-likeness (QED) is 0.799. The molecule has 0 fully saturated rings. The van der Waals surface area contributed by atoms with E-state index in [-0.39, 0.29) is 12.0 Å². The molecule has 0 saturated heterocycles. The van der Waals surface area contributed by atoms with Crippen LogP contribution in [0.1, 0.15) is 11.1 Å². The van der Waals surface area contributed by atoms with Gasteiger partial charge in [0.2, 0.25) is 5.56 Å². The van der Waals surface area contributed by atoms with Crippen molar-refractivity contribution in [2.24, 2.45) is 0 Å². The van der Waals surface area contributed by atoms with E-state index in [0.29, 0.717) is 22.9 Å². The lowest BCUT2D eigenvalue weighted by Gasteiger charge is -2.07. The van der Waals surface area contributed by atoms with Gasteiger partial charge in [-0.2, -0.15) is 0 Å². The molecule has 1 aromatic heterocycles. The van der Waals surface area contributed by atoms with E-state index in [0.717, 1.165) is 5.39 Å². The van der Waals surface area contributed by atoms with Crippen LogP contribution in [0.15, 0.2) is 29.1 Å². The summed E-state index contributed by atoms with van der Waals surface area (Å²) in [6, 6.07) is 6.43. The van der Waals surface area contributed by atoms with E-state index < -0.39 is 6.67 Å². The maximum Gasteiger partial charge on any atom is 0.248 e. The second kappa shape index (κ2) is 4.26. The molecule has 1 N–H and O–H groups in total. The predicted octanol–water partition coefficient (Wildman–Crippen LogP) is 1.74. The first-order chi connectivity index (χ1) is 7.76. The first-order valence-electron chi connectivity index (χ1n) is 4.89. The van der Waals surface area contributed by atoms with Gasteiger partial charge in [-0.3, -0.25) is 4.79 Å². The fourth-order valence-electron chi connectivity index (χ4n) is 1.77. The van der Waals surface area contributed by atoms with Crippen LogP contribution in [0.2, 0.25) is 0 Å². The van der Waals surface area contributed by atoms with Crippen molar-refractivity contribution in [3.8, 4) is 0 Å². The summed E-state index contributed by atoms with van der Waals surface area (Å²) in [6.45, 7) is -0.643. The van der Waals surface area contributed by atoms with E-state index in [1.807, 2.05) is 0 Å². The Morgan fingerprint density at radius 3 is 2.69 bits per heavy atom. The van der Waals surface area contributed by atoms with E-state index in [9.17, 15) is 14.0 Å². The Hall–Kier alpha value is -1.97. The minimum Gasteiger partial charge on any atom is -0.322 e. The Morgan fingerprint density at radius 1 is 1.25 bits per heavy atom. The lowest BCUT2D eigenvalue weighted by Crippen LogP contribution is -2.06. The number of rotatable bonds is 3. The Bertz CT molecular complexity index is 589. The molecule has 0 aliphatic carbocycles. The molecule has 0 aliphatic heterocycles. The molecule has 2 aromatic rings. The molecule has 0 saturated carbocycles. The molecule has 0 bridgehead atoms. The van der Waals surface area contributed by atoms with Crippen molar-refractivity contribution in [2.75, 3.05) is 0 Å². The van der Waals surface area contributed by atoms with Crippen molar-refractivity contribution >= 4 is 17.2 Å². The third-order valence-corrected chi connectivity index (χ3v) is 2.54. The molecule has 0 atom stereocenters. The number of H-pyrrole nitrogens is 1. The lowest BCUT2D eigenvalue weighted by molar-refractivity contribution is -0.107. The fourth-order valence-corrected chi connectivity index (χ4v) is 1.77. The van der Waals surface area contributed by atoms with Gasteiger partial charge >= 0.3 is 0 Å². The molecule has 1 aromatic carbocycles. The summed E-state index contributed by atoms with van der Waals surface area (Å²) in [4.78, 5) is 24.4. The number of pyridine rings is 1. The highest BCUT2D eigenvalue weighted by atomic mass is 19.1. The summed E-state index contributed by atoms with van der Waals surface area (Å²) in [5.41, 5.74) is 1.31. The Balaban J connectivity index is 2.80. The number of carbonyl (C=O) groups excluding carboxylic acids is 1. The first-order valence-corrected chi connectivity index (χ1v) is 4.89. The molecule has 3 nitrogen and oxygen atoms in total. The van der Waals surface area contributed by atoms with Gasteiger partial charge in [-0.1, -0.05) is 12.1 Å². The van der Waals surface area contributed by atoms with Crippen LogP contribution in [0.3, 0.4) is 0 Å². The topological polar surface area (TPSA) is 49.9 Å². The van der Waals surface area contributed by atoms with E-state index in [1.54, 1.807) is 18.2 Å². The molecule has 16 heavy (non-hydrogen) atoms. The third kappa shape index (κ3) is 1.74. The van der Waals surface area contributed by atoms with Crippen molar-refractivity contribution in [3.05, 3.63) is 45.7 Å². The van der Waals surface area contributed by atoms with Crippen molar-refractivity contribution in [1.29, 1.82) is 0 Å². The standard InChI is InChI=1S/C12H10FNO2/c13-7-9-2-1-8-3-4-11(16)14-12(8)10(9)5-6-15/h1-4,6H,5,7H2,(H,14,16). The molecule has 1 heterocycles. The van der Waals surface area contributed by atoms with E-state index in [4.69, 9.17) is 0 Å². The highest BCUT2D eigenvalue weighted by molar-refractivity contribution is 5.84. The van der Waals surface area contributed by atoms with Crippen molar-refractivity contribution in [1.82, 2.24) is 4.98 Å². The molecule has 82 valence electrons. The highest BCUT2D eigenvalue weighted by Crippen LogP contribution is 2.20. The average Bonchev–Trinajstić information content (AvgIpc) is 2.30. The number of hydrogen-bond donors (Lipinski definition) is 1. The highest BCUT2D eigenvalue weighted by Gasteiger charge is 2.07. The predicted molar refractivity (Wildman–Crippen MR) is 59.1 cm³/mol. The number of aromatic amines is 1. The molecule has 0 spiro atoms. The number of nitrogens with one attached hydrogen (secondary N) is 1. The molecular weight excluding hydrogens is 209 g/mol. The molecule has 4 heteroatoms. The summed E-state index contributed by atoms with van der Waals surface area (Å²) < 4.78 is 12.7. The van der Waals surface area contributed by atoms with Crippen LogP contribution in [-0.2, 0) is 17.9 Å². The normalized spacial score (nSPS) is 10.6. The SMILES string of the molecule is O=CCc1c(CF)ccc2ccc(=O)[nH]c12. The number of aldehydes is 1. The maximum absolute atomic E-state index is 12.7. The van der Waals surface area contributed by atoms with Gasteiger partial charge in [-0.25, -0.2) is 4.39 Å². The number of carbonyl (C=O) groups is 1. The first kappa shape index (κ1) is 10.5. The molecule has 2 rings (SSSR count). The van der Waals surface area contributed by atoms with Gasteiger partial charge in [0, 0.05) is 12.5 Å². The van der Waals surface area contributed by atoms with E-state index >= 15 is 0 Å². The van der Waals surface area contributed by atoms with Gasteiger partial charge in [-0.05, 0) is 22.6 Å². The number of fused-ring (bicyclic) bond motifs is 1. The van der Waals surface area contributed by atoms with E-state index in [1.165, 1.54) is 6.07 Å². The van der Waals surface area contributed by atoms with Gasteiger partial charge in [0.15, 0.2) is 0 Å². The van der Waals surface area contributed by atoms with Crippen LogP contribution in [0.25, 0.3) is 10.9 Å². The minimum absolute atomic E-state index is 0.108. The summed E-state index contributed by atoms with van der Waals surface area (Å²) >= 11 is 0. The fraction of sp³-hybridized carbons (Fsp3) is 0.167. The number of aromatic nitrogens is 1. The largest absolute Gasteiger partial charge is 0.322 e. The van der Waals surface area contributed by atoms with Crippen LogP contribution in [0, 0.1) is 0 Å². The number of alkyl halides is 1. The molecule has 0 radical (unpaired) electrons. The van der Waals surface area contributed by atoms with Gasteiger partial charge < -0.3 is 9.78 Å². The lowest BCUT2D eigenvalue weighted by atomic mass is 10.0. The molecular formula is C12H10FNO2. The van der Waals surface area contributed by atoms with Crippen molar-refractivity contribution in [2.45, 2.75) is 13.1 Å². The zero-order chi connectivity index (χ0) is 11.5. The van der Waals surface area contributed by atoms with Gasteiger partial charge in [0.25, 0.3) is 0 Å². The Kier molecular flexibility index (Phi) is 2.81. The van der Waals surface area contributed by atoms with Crippen molar-refractivity contribution in [3.63, 3.8) is 0 Å². The van der Waals surface area contributed by atoms with Crippen LogP contribution < -0.4 is 5.56 Å².